The van der Waals surface area contributed by atoms with E-state index in [9.17, 15) is 14.4 Å². The molecule has 0 saturated heterocycles. The molecule has 0 aliphatic carbocycles. The Kier molecular flexibility index (Phi) is 6.24. The molecule has 0 fully saturated rings. The molecule has 0 radical (unpaired) electrons. The standard InChI is InChI=1S/C23H20O6/c1-15-3-7-17(8-4-15)22(25)27-13-20-11-19(24)12-21(29-20)14-28-23(26)18-9-5-16(2)6-10-18/h3-12H,13-14H2,1-2H3. The van der Waals surface area contributed by atoms with E-state index in [0.29, 0.717) is 11.1 Å². The topological polar surface area (TPSA) is 82.8 Å². The van der Waals surface area contributed by atoms with Crippen molar-refractivity contribution in [3.63, 3.8) is 0 Å². The third kappa shape index (κ3) is 5.65. The zero-order valence-corrected chi connectivity index (χ0v) is 16.1. The second-order valence-corrected chi connectivity index (χ2v) is 6.61. The van der Waals surface area contributed by atoms with Gasteiger partial charge in [-0.05, 0) is 38.1 Å². The number of hydrogen-bond donors (Lipinski definition) is 0. The first-order valence-electron chi connectivity index (χ1n) is 9.01. The molecule has 1 aromatic heterocycles. The molecule has 6 nitrogen and oxygen atoms in total. The van der Waals surface area contributed by atoms with Crippen LogP contribution < -0.4 is 5.43 Å². The third-order valence-electron chi connectivity index (χ3n) is 4.13. The van der Waals surface area contributed by atoms with E-state index in [-0.39, 0.29) is 30.2 Å². The number of benzene rings is 2. The number of hydrogen-bond acceptors (Lipinski definition) is 6. The molecule has 0 spiro atoms. The van der Waals surface area contributed by atoms with Crippen molar-refractivity contribution >= 4 is 11.9 Å². The van der Waals surface area contributed by atoms with Crippen LogP contribution in [0.15, 0.2) is 69.9 Å². The molecule has 0 unspecified atom stereocenters. The summed E-state index contributed by atoms with van der Waals surface area (Å²) in [5.41, 5.74) is 2.53. The maximum atomic E-state index is 12.1. The maximum Gasteiger partial charge on any atom is 0.338 e. The summed E-state index contributed by atoms with van der Waals surface area (Å²) in [6.07, 6.45) is 0. The largest absolute Gasteiger partial charge is 0.459 e. The summed E-state index contributed by atoms with van der Waals surface area (Å²) in [6.45, 7) is 3.42. The van der Waals surface area contributed by atoms with Crippen molar-refractivity contribution in [2.24, 2.45) is 0 Å². The Morgan fingerprint density at radius 3 is 1.48 bits per heavy atom. The number of carbonyl (C=O) groups is 2. The zero-order chi connectivity index (χ0) is 20.8. The molecule has 3 rings (SSSR count). The van der Waals surface area contributed by atoms with Crippen LogP contribution in [0.25, 0.3) is 0 Å². The lowest BCUT2D eigenvalue weighted by Gasteiger charge is -2.08. The third-order valence-corrected chi connectivity index (χ3v) is 4.13. The highest BCUT2D eigenvalue weighted by Crippen LogP contribution is 2.11. The second kappa shape index (κ2) is 9.01. The van der Waals surface area contributed by atoms with E-state index in [4.69, 9.17) is 13.9 Å². The maximum absolute atomic E-state index is 12.1. The summed E-state index contributed by atoms with van der Waals surface area (Å²) in [6, 6.07) is 16.3. The number of carbonyl (C=O) groups excluding carboxylic acids is 2. The minimum absolute atomic E-state index is 0.166. The van der Waals surface area contributed by atoms with E-state index in [1.54, 1.807) is 48.5 Å². The van der Waals surface area contributed by atoms with Crippen LogP contribution >= 0.6 is 0 Å². The molecular weight excluding hydrogens is 372 g/mol. The van der Waals surface area contributed by atoms with Gasteiger partial charge in [0.15, 0.2) is 5.43 Å². The second-order valence-electron chi connectivity index (χ2n) is 6.61. The van der Waals surface area contributed by atoms with Gasteiger partial charge < -0.3 is 13.9 Å². The van der Waals surface area contributed by atoms with E-state index in [0.717, 1.165) is 11.1 Å². The van der Waals surface area contributed by atoms with Gasteiger partial charge in [0.05, 0.1) is 11.1 Å². The Bertz CT molecular complexity index is 979. The van der Waals surface area contributed by atoms with Crippen molar-refractivity contribution in [2.45, 2.75) is 27.1 Å². The number of rotatable bonds is 6. The van der Waals surface area contributed by atoms with Crippen molar-refractivity contribution in [3.8, 4) is 0 Å². The van der Waals surface area contributed by atoms with E-state index in [1.165, 1.54) is 12.1 Å². The van der Waals surface area contributed by atoms with E-state index in [1.807, 2.05) is 13.8 Å². The van der Waals surface area contributed by atoms with Crippen molar-refractivity contribution in [2.75, 3.05) is 0 Å². The minimum Gasteiger partial charge on any atom is -0.459 e. The van der Waals surface area contributed by atoms with Crippen LogP contribution in [0.4, 0.5) is 0 Å². The molecule has 0 aliphatic rings. The molecule has 0 atom stereocenters. The minimum atomic E-state index is -0.524. The van der Waals surface area contributed by atoms with Crippen LogP contribution in [0.1, 0.15) is 43.4 Å². The Morgan fingerprint density at radius 2 is 1.10 bits per heavy atom. The van der Waals surface area contributed by atoms with Crippen LogP contribution in [-0.4, -0.2) is 11.9 Å². The van der Waals surface area contributed by atoms with Gasteiger partial charge in [-0.3, -0.25) is 4.79 Å². The highest BCUT2D eigenvalue weighted by Gasteiger charge is 2.11. The quantitative estimate of drug-likeness (QED) is 0.590. The molecular formula is C23H20O6. The van der Waals surface area contributed by atoms with Gasteiger partial charge in [0.2, 0.25) is 0 Å². The van der Waals surface area contributed by atoms with Crippen LogP contribution in [0.3, 0.4) is 0 Å². The molecule has 0 bridgehead atoms. The van der Waals surface area contributed by atoms with Gasteiger partial charge in [-0.2, -0.15) is 0 Å². The van der Waals surface area contributed by atoms with Gasteiger partial charge in [-0.15, -0.1) is 0 Å². The van der Waals surface area contributed by atoms with Gasteiger partial charge in [-0.1, -0.05) is 35.4 Å². The predicted molar refractivity (Wildman–Crippen MR) is 106 cm³/mol. The molecule has 0 aliphatic heterocycles. The lowest BCUT2D eigenvalue weighted by atomic mass is 10.1. The molecule has 2 aromatic carbocycles. The first-order valence-corrected chi connectivity index (χ1v) is 9.01. The van der Waals surface area contributed by atoms with Gasteiger partial charge in [0.1, 0.15) is 24.7 Å². The number of ether oxygens (including phenoxy) is 2. The van der Waals surface area contributed by atoms with Crippen molar-refractivity contribution in [1.29, 1.82) is 0 Å². The summed E-state index contributed by atoms with van der Waals surface area (Å²) < 4.78 is 15.9. The van der Waals surface area contributed by atoms with Crippen LogP contribution in [0.5, 0.6) is 0 Å². The molecule has 0 amide bonds. The number of aryl methyl sites for hydroxylation is 2. The summed E-state index contributed by atoms with van der Waals surface area (Å²) in [5.74, 6) is -0.716. The fraction of sp³-hybridized carbons (Fsp3) is 0.174. The van der Waals surface area contributed by atoms with Crippen LogP contribution in [0, 0.1) is 13.8 Å². The highest BCUT2D eigenvalue weighted by molar-refractivity contribution is 5.89. The molecule has 148 valence electrons. The van der Waals surface area contributed by atoms with Crippen molar-refractivity contribution in [3.05, 3.63) is 105 Å². The van der Waals surface area contributed by atoms with Crippen LogP contribution in [0.2, 0.25) is 0 Å². The highest BCUT2D eigenvalue weighted by atomic mass is 16.6. The SMILES string of the molecule is Cc1ccc(C(=O)OCc2cc(=O)cc(COC(=O)c3ccc(C)cc3)o2)cc1. The summed E-state index contributed by atoms with van der Waals surface area (Å²) in [4.78, 5) is 36.0. The van der Waals surface area contributed by atoms with Crippen LogP contribution in [-0.2, 0) is 22.7 Å². The molecule has 6 heteroatoms. The Hall–Kier alpha value is -3.67. The van der Waals surface area contributed by atoms with Crippen molar-refractivity contribution < 1.29 is 23.5 Å². The molecule has 3 aromatic rings. The molecule has 0 N–H and O–H groups in total. The Labute approximate surface area is 167 Å². The molecule has 1 heterocycles. The number of esters is 2. The van der Waals surface area contributed by atoms with Gasteiger partial charge in [-0.25, -0.2) is 9.59 Å². The van der Waals surface area contributed by atoms with Gasteiger partial charge in [0.25, 0.3) is 0 Å². The summed E-state index contributed by atoms with van der Waals surface area (Å²) in [5, 5.41) is 0. The Morgan fingerprint density at radius 1 is 0.724 bits per heavy atom. The normalized spacial score (nSPS) is 10.4. The average molecular weight is 392 g/mol. The predicted octanol–water partition coefficient (Wildman–Crippen LogP) is 3.97. The lowest BCUT2D eigenvalue weighted by molar-refractivity contribution is 0.0409. The molecule has 0 saturated carbocycles. The lowest BCUT2D eigenvalue weighted by Crippen LogP contribution is -2.10. The Balaban J connectivity index is 1.61. The van der Waals surface area contributed by atoms with Gasteiger partial charge in [0, 0.05) is 12.1 Å². The first-order chi connectivity index (χ1) is 13.9. The molecule has 29 heavy (non-hydrogen) atoms. The van der Waals surface area contributed by atoms with E-state index >= 15 is 0 Å². The fourth-order valence-electron chi connectivity index (χ4n) is 2.55. The van der Waals surface area contributed by atoms with E-state index in [2.05, 4.69) is 0 Å². The monoisotopic (exact) mass is 392 g/mol. The smallest absolute Gasteiger partial charge is 0.338 e. The first kappa shape index (κ1) is 20.1. The summed E-state index contributed by atoms with van der Waals surface area (Å²) >= 11 is 0. The van der Waals surface area contributed by atoms with Crippen molar-refractivity contribution in [1.82, 2.24) is 0 Å². The summed E-state index contributed by atoms with van der Waals surface area (Å²) in [7, 11) is 0. The van der Waals surface area contributed by atoms with E-state index < -0.39 is 11.9 Å². The van der Waals surface area contributed by atoms with Gasteiger partial charge >= 0.3 is 11.9 Å². The fourth-order valence-corrected chi connectivity index (χ4v) is 2.55. The zero-order valence-electron chi connectivity index (χ0n) is 16.1. The average Bonchev–Trinajstić information content (AvgIpc) is 2.71.